The molecule has 0 bridgehead atoms. The van der Waals surface area contributed by atoms with E-state index in [0.717, 1.165) is 5.56 Å². The summed E-state index contributed by atoms with van der Waals surface area (Å²) < 4.78 is 5.41. The smallest absolute Gasteiger partial charge is 0.261 e. The molecule has 1 amide bonds. The van der Waals surface area contributed by atoms with Crippen LogP contribution in [0.4, 0.5) is 0 Å². The minimum absolute atomic E-state index is 0.0762. The number of hydrogen-bond acceptors (Lipinski definition) is 4. The topological polar surface area (TPSA) is 85.9 Å². The van der Waals surface area contributed by atoms with E-state index in [-0.39, 0.29) is 31.0 Å². The lowest BCUT2D eigenvalue weighted by Crippen LogP contribution is -2.30. The van der Waals surface area contributed by atoms with Crippen LogP contribution >= 0.6 is 11.6 Å². The molecule has 132 valence electrons. The van der Waals surface area contributed by atoms with Crippen molar-refractivity contribution >= 4 is 23.3 Å². The molecule has 7 heteroatoms. The number of ether oxygens (including phenoxy) is 1. The van der Waals surface area contributed by atoms with Crippen molar-refractivity contribution < 1.29 is 14.4 Å². The molecule has 25 heavy (non-hydrogen) atoms. The van der Waals surface area contributed by atoms with Gasteiger partial charge in [0, 0.05) is 5.02 Å². The summed E-state index contributed by atoms with van der Waals surface area (Å²) in [5.41, 5.74) is 6.61. The standard InChI is InChI=1S/C18H20ClN3O3/c1-13(14-7-9-15(19)10-8-14)21-18(23)12-25-22-17(20)11-24-16-5-3-2-4-6-16/h2-10,13H,11-12H2,1H3,(H2,20,22)(H,21,23). The van der Waals surface area contributed by atoms with Gasteiger partial charge in [-0.2, -0.15) is 0 Å². The van der Waals surface area contributed by atoms with Crippen molar-refractivity contribution in [3.63, 3.8) is 0 Å². The number of oxime groups is 1. The highest BCUT2D eigenvalue weighted by atomic mass is 35.5. The maximum atomic E-state index is 11.9. The fourth-order valence-corrected chi connectivity index (χ4v) is 2.12. The molecular weight excluding hydrogens is 342 g/mol. The normalized spacial score (nSPS) is 12.3. The van der Waals surface area contributed by atoms with E-state index >= 15 is 0 Å². The minimum atomic E-state index is -0.303. The van der Waals surface area contributed by atoms with Crippen LogP contribution in [0.15, 0.2) is 59.8 Å². The molecule has 0 radical (unpaired) electrons. The number of para-hydroxylation sites is 1. The number of carbonyl (C=O) groups is 1. The lowest BCUT2D eigenvalue weighted by atomic mass is 10.1. The number of nitrogens with zero attached hydrogens (tertiary/aromatic N) is 1. The van der Waals surface area contributed by atoms with Crippen LogP contribution in [-0.4, -0.2) is 25.0 Å². The third kappa shape index (κ3) is 6.73. The highest BCUT2D eigenvalue weighted by molar-refractivity contribution is 6.30. The number of carbonyl (C=O) groups excluding carboxylic acids is 1. The summed E-state index contributed by atoms with van der Waals surface area (Å²) in [6, 6.07) is 16.3. The molecule has 0 heterocycles. The van der Waals surface area contributed by atoms with E-state index < -0.39 is 0 Å². The summed E-state index contributed by atoms with van der Waals surface area (Å²) in [6.07, 6.45) is 0. The van der Waals surface area contributed by atoms with Crippen molar-refractivity contribution in [3.05, 3.63) is 65.2 Å². The third-order valence-electron chi connectivity index (χ3n) is 3.25. The van der Waals surface area contributed by atoms with Gasteiger partial charge in [-0.25, -0.2) is 0 Å². The Labute approximate surface area is 151 Å². The summed E-state index contributed by atoms with van der Waals surface area (Å²) in [7, 11) is 0. The molecule has 0 saturated carbocycles. The van der Waals surface area contributed by atoms with E-state index in [1.807, 2.05) is 37.3 Å². The number of nitrogens with two attached hydrogens (primary N) is 1. The molecule has 2 aromatic carbocycles. The van der Waals surface area contributed by atoms with Crippen molar-refractivity contribution in [3.8, 4) is 5.75 Å². The number of nitrogens with one attached hydrogen (secondary N) is 1. The molecule has 0 fully saturated rings. The van der Waals surface area contributed by atoms with Crippen LogP contribution in [0.3, 0.4) is 0 Å². The van der Waals surface area contributed by atoms with E-state index in [0.29, 0.717) is 10.8 Å². The van der Waals surface area contributed by atoms with Crippen molar-refractivity contribution in [2.45, 2.75) is 13.0 Å². The van der Waals surface area contributed by atoms with E-state index in [2.05, 4.69) is 10.5 Å². The molecule has 0 saturated heterocycles. The van der Waals surface area contributed by atoms with E-state index in [4.69, 9.17) is 26.9 Å². The van der Waals surface area contributed by atoms with Gasteiger partial charge < -0.3 is 20.6 Å². The number of benzene rings is 2. The van der Waals surface area contributed by atoms with Gasteiger partial charge in [-0.05, 0) is 36.8 Å². The molecule has 0 aliphatic carbocycles. The van der Waals surface area contributed by atoms with Crippen molar-refractivity contribution in [2.24, 2.45) is 10.9 Å². The Morgan fingerprint density at radius 2 is 1.84 bits per heavy atom. The highest BCUT2D eigenvalue weighted by Gasteiger charge is 2.10. The first-order valence-corrected chi connectivity index (χ1v) is 8.09. The molecule has 0 aromatic heterocycles. The minimum Gasteiger partial charge on any atom is -0.486 e. The van der Waals surface area contributed by atoms with Crippen LogP contribution in [0.1, 0.15) is 18.5 Å². The zero-order valence-electron chi connectivity index (χ0n) is 13.8. The second kappa shape index (κ2) is 9.54. The van der Waals surface area contributed by atoms with Gasteiger partial charge in [0.2, 0.25) is 0 Å². The Morgan fingerprint density at radius 3 is 2.52 bits per heavy atom. The number of halogens is 1. The largest absolute Gasteiger partial charge is 0.486 e. The van der Waals surface area contributed by atoms with Crippen molar-refractivity contribution in [1.82, 2.24) is 5.32 Å². The predicted octanol–water partition coefficient (Wildman–Crippen LogP) is 2.89. The van der Waals surface area contributed by atoms with Crippen LogP contribution < -0.4 is 15.8 Å². The monoisotopic (exact) mass is 361 g/mol. The van der Waals surface area contributed by atoms with Gasteiger partial charge in [-0.15, -0.1) is 0 Å². The summed E-state index contributed by atoms with van der Waals surface area (Å²) >= 11 is 5.84. The predicted molar refractivity (Wildman–Crippen MR) is 97.5 cm³/mol. The number of amides is 1. The first kappa shape index (κ1) is 18.6. The molecule has 6 nitrogen and oxygen atoms in total. The SMILES string of the molecule is CC(NC(=O)CO/N=C(\N)COc1ccccc1)c1ccc(Cl)cc1. The zero-order valence-corrected chi connectivity index (χ0v) is 14.6. The Balaban J connectivity index is 1.71. The van der Waals surface area contributed by atoms with Crippen molar-refractivity contribution in [2.75, 3.05) is 13.2 Å². The van der Waals surface area contributed by atoms with E-state index in [1.165, 1.54) is 0 Å². The fourth-order valence-electron chi connectivity index (χ4n) is 1.99. The van der Waals surface area contributed by atoms with Gasteiger partial charge in [0.05, 0.1) is 6.04 Å². The molecule has 3 N–H and O–H groups in total. The Morgan fingerprint density at radius 1 is 1.16 bits per heavy atom. The Kier molecular flexibility index (Phi) is 7.10. The van der Waals surface area contributed by atoms with Crippen LogP contribution in [0, 0.1) is 0 Å². The van der Waals surface area contributed by atoms with Gasteiger partial charge in [0.15, 0.2) is 12.4 Å². The Hall–Kier alpha value is -2.73. The molecule has 0 aliphatic heterocycles. The van der Waals surface area contributed by atoms with Crippen molar-refractivity contribution in [1.29, 1.82) is 0 Å². The van der Waals surface area contributed by atoms with E-state index in [9.17, 15) is 4.79 Å². The summed E-state index contributed by atoms with van der Waals surface area (Å²) in [5, 5.41) is 7.11. The van der Waals surface area contributed by atoms with Crippen LogP contribution in [-0.2, 0) is 9.63 Å². The van der Waals surface area contributed by atoms with Gasteiger partial charge >= 0.3 is 0 Å². The highest BCUT2D eigenvalue weighted by Crippen LogP contribution is 2.15. The lowest BCUT2D eigenvalue weighted by molar-refractivity contribution is -0.126. The van der Waals surface area contributed by atoms with Crippen LogP contribution in [0.25, 0.3) is 0 Å². The number of rotatable bonds is 8. The average Bonchev–Trinajstić information content (AvgIpc) is 2.61. The second-order valence-corrected chi connectivity index (χ2v) is 5.73. The maximum Gasteiger partial charge on any atom is 0.261 e. The van der Waals surface area contributed by atoms with Gasteiger partial charge in [0.1, 0.15) is 12.4 Å². The molecule has 0 spiro atoms. The second-order valence-electron chi connectivity index (χ2n) is 5.30. The third-order valence-corrected chi connectivity index (χ3v) is 3.51. The first-order valence-electron chi connectivity index (χ1n) is 7.71. The summed E-state index contributed by atoms with van der Waals surface area (Å²) in [5.74, 6) is 0.514. The molecule has 2 rings (SSSR count). The van der Waals surface area contributed by atoms with E-state index in [1.54, 1.807) is 24.3 Å². The van der Waals surface area contributed by atoms with Crippen LogP contribution in [0.2, 0.25) is 5.02 Å². The quantitative estimate of drug-likeness (QED) is 0.430. The maximum absolute atomic E-state index is 11.9. The van der Waals surface area contributed by atoms with Gasteiger partial charge in [-0.1, -0.05) is 47.1 Å². The van der Waals surface area contributed by atoms with Crippen LogP contribution in [0.5, 0.6) is 5.75 Å². The molecule has 2 aromatic rings. The average molecular weight is 362 g/mol. The summed E-state index contributed by atoms with van der Waals surface area (Å²) in [4.78, 5) is 16.8. The fraction of sp³-hybridized carbons (Fsp3) is 0.222. The van der Waals surface area contributed by atoms with Gasteiger partial charge in [0.25, 0.3) is 5.91 Å². The summed E-state index contributed by atoms with van der Waals surface area (Å²) in [6.45, 7) is 1.71. The van der Waals surface area contributed by atoms with Gasteiger partial charge in [-0.3, -0.25) is 4.79 Å². The molecule has 1 unspecified atom stereocenters. The number of amidine groups is 1. The Bertz CT molecular complexity index is 705. The lowest BCUT2D eigenvalue weighted by Gasteiger charge is -2.14. The number of hydrogen-bond donors (Lipinski definition) is 2. The molecular formula is C18H20ClN3O3. The zero-order chi connectivity index (χ0) is 18.1. The molecule has 0 aliphatic rings. The first-order chi connectivity index (χ1) is 12.0. The molecule has 1 atom stereocenters.